The molecule has 0 atom stereocenters. The molecule has 0 radical (unpaired) electrons. The van der Waals surface area contributed by atoms with Gasteiger partial charge in [-0.2, -0.15) is 0 Å². The Kier molecular flexibility index (Phi) is 4.55. The average Bonchev–Trinajstić information content (AvgIpc) is 2.98. The predicted molar refractivity (Wildman–Crippen MR) is 71.2 cm³/mol. The molecular formula is C12H22N6. The van der Waals surface area contributed by atoms with Crippen molar-refractivity contribution in [3.05, 3.63) is 12.2 Å². The van der Waals surface area contributed by atoms with E-state index in [1.54, 1.807) is 6.33 Å². The summed E-state index contributed by atoms with van der Waals surface area (Å²) >= 11 is 0. The van der Waals surface area contributed by atoms with Crippen molar-refractivity contribution in [1.29, 1.82) is 0 Å². The zero-order valence-corrected chi connectivity index (χ0v) is 11.2. The third-order valence-electron chi connectivity index (χ3n) is 3.22. The van der Waals surface area contributed by atoms with Crippen molar-refractivity contribution in [2.75, 3.05) is 6.54 Å². The molecule has 0 spiro atoms. The lowest BCUT2D eigenvalue weighted by Crippen LogP contribution is -2.42. The zero-order chi connectivity index (χ0) is 12.8. The van der Waals surface area contributed by atoms with Crippen molar-refractivity contribution in [3.63, 3.8) is 0 Å². The molecule has 0 bridgehead atoms. The van der Waals surface area contributed by atoms with E-state index in [1.807, 2.05) is 11.6 Å². The molecule has 0 aliphatic heterocycles. The lowest BCUT2D eigenvalue weighted by molar-refractivity contribution is 0.612. The minimum absolute atomic E-state index is 0.554. The summed E-state index contributed by atoms with van der Waals surface area (Å²) in [6, 6.07) is 0.572. The Balaban J connectivity index is 1.93. The molecule has 1 aliphatic carbocycles. The molecule has 1 aromatic rings. The zero-order valence-electron chi connectivity index (χ0n) is 11.2. The standard InChI is InChI=1S/C12H22N6/c1-3-13-12(16-10-6-4-5-7-10)14-8-11-17-15-9-18(11)2/h9-10H,3-8H2,1-2H3,(H2,13,14,16). The summed E-state index contributed by atoms with van der Waals surface area (Å²) in [6.07, 6.45) is 6.83. The van der Waals surface area contributed by atoms with E-state index in [2.05, 4.69) is 32.7 Å². The van der Waals surface area contributed by atoms with Gasteiger partial charge >= 0.3 is 0 Å². The van der Waals surface area contributed by atoms with Crippen LogP contribution in [0.5, 0.6) is 0 Å². The fraction of sp³-hybridized carbons (Fsp3) is 0.750. The Morgan fingerprint density at radius 1 is 1.50 bits per heavy atom. The van der Waals surface area contributed by atoms with Crippen LogP contribution < -0.4 is 10.6 Å². The largest absolute Gasteiger partial charge is 0.357 e. The highest BCUT2D eigenvalue weighted by Gasteiger charge is 2.15. The van der Waals surface area contributed by atoms with E-state index in [9.17, 15) is 0 Å². The Hall–Kier alpha value is -1.59. The number of rotatable bonds is 4. The molecule has 6 heteroatoms. The van der Waals surface area contributed by atoms with E-state index in [4.69, 9.17) is 0 Å². The first-order valence-corrected chi connectivity index (χ1v) is 6.67. The summed E-state index contributed by atoms with van der Waals surface area (Å²) in [5.74, 6) is 1.76. The van der Waals surface area contributed by atoms with Crippen LogP contribution in [0.4, 0.5) is 0 Å². The van der Waals surface area contributed by atoms with Crippen molar-refractivity contribution in [3.8, 4) is 0 Å². The van der Waals surface area contributed by atoms with Crippen molar-refractivity contribution in [2.24, 2.45) is 12.0 Å². The van der Waals surface area contributed by atoms with Crippen molar-refractivity contribution < 1.29 is 0 Å². The predicted octanol–water partition coefficient (Wildman–Crippen LogP) is 0.813. The maximum atomic E-state index is 4.55. The number of nitrogens with zero attached hydrogens (tertiary/aromatic N) is 4. The van der Waals surface area contributed by atoms with E-state index in [0.717, 1.165) is 18.3 Å². The van der Waals surface area contributed by atoms with Crippen molar-refractivity contribution in [2.45, 2.75) is 45.2 Å². The van der Waals surface area contributed by atoms with Gasteiger partial charge in [-0.05, 0) is 19.8 Å². The highest BCUT2D eigenvalue weighted by molar-refractivity contribution is 5.80. The number of aliphatic imine (C=N–C) groups is 1. The van der Waals surface area contributed by atoms with Gasteiger partial charge in [-0.3, -0.25) is 0 Å². The van der Waals surface area contributed by atoms with Gasteiger partial charge in [0.15, 0.2) is 11.8 Å². The molecule has 1 heterocycles. The van der Waals surface area contributed by atoms with Gasteiger partial charge in [0.2, 0.25) is 0 Å². The number of hydrogen-bond donors (Lipinski definition) is 2. The van der Waals surface area contributed by atoms with Crippen molar-refractivity contribution in [1.82, 2.24) is 25.4 Å². The number of guanidine groups is 1. The second-order valence-corrected chi connectivity index (χ2v) is 4.68. The van der Waals surface area contributed by atoms with E-state index in [-0.39, 0.29) is 0 Å². The Morgan fingerprint density at radius 3 is 2.89 bits per heavy atom. The number of hydrogen-bond acceptors (Lipinski definition) is 3. The van der Waals surface area contributed by atoms with Gasteiger partial charge in [-0.1, -0.05) is 12.8 Å². The van der Waals surface area contributed by atoms with Crippen LogP contribution in [0, 0.1) is 0 Å². The van der Waals surface area contributed by atoms with E-state index >= 15 is 0 Å². The van der Waals surface area contributed by atoms with Gasteiger partial charge in [0.1, 0.15) is 12.9 Å². The van der Waals surface area contributed by atoms with Crippen LogP contribution >= 0.6 is 0 Å². The van der Waals surface area contributed by atoms with Gasteiger partial charge in [0.25, 0.3) is 0 Å². The number of aryl methyl sites for hydroxylation is 1. The molecule has 18 heavy (non-hydrogen) atoms. The van der Waals surface area contributed by atoms with Crippen LogP contribution in [0.3, 0.4) is 0 Å². The molecule has 0 unspecified atom stereocenters. The monoisotopic (exact) mass is 250 g/mol. The van der Waals surface area contributed by atoms with E-state index in [1.165, 1.54) is 25.7 Å². The minimum Gasteiger partial charge on any atom is -0.357 e. The lowest BCUT2D eigenvalue weighted by Gasteiger charge is -2.16. The molecular weight excluding hydrogens is 228 g/mol. The third-order valence-corrected chi connectivity index (χ3v) is 3.22. The quantitative estimate of drug-likeness (QED) is 0.613. The Morgan fingerprint density at radius 2 is 2.28 bits per heavy atom. The van der Waals surface area contributed by atoms with Crippen LogP contribution in [0.25, 0.3) is 0 Å². The SMILES string of the molecule is CCNC(=NCc1nncn1C)NC1CCCC1. The van der Waals surface area contributed by atoms with Crippen LogP contribution in [-0.2, 0) is 13.6 Å². The first-order chi connectivity index (χ1) is 8.79. The average molecular weight is 250 g/mol. The molecule has 0 aromatic carbocycles. The molecule has 100 valence electrons. The summed E-state index contributed by atoms with van der Waals surface area (Å²) in [5, 5.41) is 14.6. The molecule has 2 rings (SSSR count). The Labute approximate surface area is 108 Å². The Bertz CT molecular complexity index is 391. The van der Waals surface area contributed by atoms with Crippen LogP contribution in [0.2, 0.25) is 0 Å². The lowest BCUT2D eigenvalue weighted by atomic mass is 10.2. The maximum absolute atomic E-state index is 4.55. The fourth-order valence-corrected chi connectivity index (χ4v) is 2.18. The summed E-state index contributed by atoms with van der Waals surface area (Å²) in [6.45, 7) is 3.50. The normalized spacial score (nSPS) is 17.1. The minimum atomic E-state index is 0.554. The van der Waals surface area contributed by atoms with Gasteiger partial charge in [0, 0.05) is 19.6 Å². The summed E-state index contributed by atoms with van der Waals surface area (Å²) in [7, 11) is 1.93. The van der Waals surface area contributed by atoms with Crippen LogP contribution in [0.15, 0.2) is 11.3 Å². The van der Waals surface area contributed by atoms with E-state index < -0.39 is 0 Å². The maximum Gasteiger partial charge on any atom is 0.191 e. The molecule has 6 nitrogen and oxygen atoms in total. The highest BCUT2D eigenvalue weighted by Crippen LogP contribution is 2.17. The first kappa shape index (κ1) is 12.9. The van der Waals surface area contributed by atoms with E-state index in [0.29, 0.717) is 12.6 Å². The molecule has 0 saturated heterocycles. The molecule has 0 amide bonds. The van der Waals surface area contributed by atoms with Crippen LogP contribution in [0.1, 0.15) is 38.4 Å². The second kappa shape index (κ2) is 6.37. The molecule has 1 saturated carbocycles. The number of aromatic nitrogens is 3. The fourth-order valence-electron chi connectivity index (χ4n) is 2.18. The van der Waals surface area contributed by atoms with Gasteiger partial charge in [-0.15, -0.1) is 10.2 Å². The molecule has 1 aromatic heterocycles. The molecule has 1 fully saturated rings. The van der Waals surface area contributed by atoms with Gasteiger partial charge in [0.05, 0.1) is 0 Å². The third kappa shape index (κ3) is 3.45. The highest BCUT2D eigenvalue weighted by atomic mass is 15.3. The first-order valence-electron chi connectivity index (χ1n) is 6.67. The molecule has 2 N–H and O–H groups in total. The second-order valence-electron chi connectivity index (χ2n) is 4.68. The smallest absolute Gasteiger partial charge is 0.191 e. The number of nitrogens with one attached hydrogen (secondary N) is 2. The molecule has 1 aliphatic rings. The van der Waals surface area contributed by atoms with Gasteiger partial charge in [-0.25, -0.2) is 4.99 Å². The summed E-state index contributed by atoms with van der Waals surface area (Å²) in [5.41, 5.74) is 0. The van der Waals surface area contributed by atoms with Gasteiger partial charge < -0.3 is 15.2 Å². The van der Waals surface area contributed by atoms with Crippen LogP contribution in [-0.4, -0.2) is 33.3 Å². The van der Waals surface area contributed by atoms with Crippen molar-refractivity contribution >= 4 is 5.96 Å². The summed E-state index contributed by atoms with van der Waals surface area (Å²) in [4.78, 5) is 4.55. The summed E-state index contributed by atoms with van der Waals surface area (Å²) < 4.78 is 1.89. The topological polar surface area (TPSA) is 67.1 Å².